The third-order valence-electron chi connectivity index (χ3n) is 1.76. The van der Waals surface area contributed by atoms with Crippen molar-refractivity contribution < 1.29 is 0 Å². The second-order valence-corrected chi connectivity index (χ2v) is 4.73. The third kappa shape index (κ3) is 3.00. The predicted molar refractivity (Wildman–Crippen MR) is 54.5 cm³/mol. The minimum atomic E-state index is -0.147. The van der Waals surface area contributed by atoms with E-state index >= 15 is 0 Å². The summed E-state index contributed by atoms with van der Waals surface area (Å²) < 4.78 is 0. The molecule has 0 aliphatic heterocycles. The van der Waals surface area contributed by atoms with Crippen LogP contribution in [0.2, 0.25) is 0 Å². The van der Waals surface area contributed by atoms with Gasteiger partial charge in [-0.2, -0.15) is 0 Å². The minimum absolute atomic E-state index is 0.147. The van der Waals surface area contributed by atoms with E-state index in [9.17, 15) is 0 Å². The van der Waals surface area contributed by atoms with E-state index in [1.54, 1.807) is 0 Å². The molecule has 11 heavy (non-hydrogen) atoms. The van der Waals surface area contributed by atoms with Crippen molar-refractivity contribution in [2.45, 2.75) is 24.6 Å². The zero-order valence-corrected chi connectivity index (χ0v) is 8.95. The SMILES string of the molecule is CC1(Cl)C=CC=C(CCBr)C1. The molecule has 0 radical (unpaired) electrons. The summed E-state index contributed by atoms with van der Waals surface area (Å²) >= 11 is 9.57. The van der Waals surface area contributed by atoms with Crippen LogP contribution in [-0.2, 0) is 0 Å². The van der Waals surface area contributed by atoms with Gasteiger partial charge in [-0.3, -0.25) is 0 Å². The fourth-order valence-electron chi connectivity index (χ4n) is 1.24. The van der Waals surface area contributed by atoms with Crippen LogP contribution in [0.3, 0.4) is 0 Å². The van der Waals surface area contributed by atoms with Gasteiger partial charge in [-0.05, 0) is 19.8 Å². The van der Waals surface area contributed by atoms with E-state index in [4.69, 9.17) is 11.6 Å². The summed E-state index contributed by atoms with van der Waals surface area (Å²) in [5, 5.41) is 1.03. The van der Waals surface area contributed by atoms with E-state index in [1.807, 2.05) is 13.0 Å². The summed E-state index contributed by atoms with van der Waals surface area (Å²) in [5.74, 6) is 0. The van der Waals surface area contributed by atoms with Crippen LogP contribution in [0.15, 0.2) is 23.8 Å². The van der Waals surface area contributed by atoms with Crippen LogP contribution in [0.4, 0.5) is 0 Å². The Morgan fingerprint density at radius 1 is 1.73 bits per heavy atom. The maximum absolute atomic E-state index is 6.16. The first-order valence-corrected chi connectivity index (χ1v) is 5.26. The average Bonchev–Trinajstić information content (AvgIpc) is 1.85. The summed E-state index contributed by atoms with van der Waals surface area (Å²) in [6.45, 7) is 2.05. The number of rotatable bonds is 2. The molecule has 1 rings (SSSR count). The molecule has 0 saturated carbocycles. The van der Waals surface area contributed by atoms with E-state index < -0.39 is 0 Å². The van der Waals surface area contributed by atoms with Gasteiger partial charge in [0.25, 0.3) is 0 Å². The van der Waals surface area contributed by atoms with E-state index in [0.717, 1.165) is 18.2 Å². The first-order valence-electron chi connectivity index (χ1n) is 3.76. The highest BCUT2D eigenvalue weighted by molar-refractivity contribution is 9.09. The van der Waals surface area contributed by atoms with E-state index in [0.29, 0.717) is 0 Å². The Hall–Kier alpha value is 0.250. The molecule has 0 heterocycles. The molecule has 0 nitrogen and oxygen atoms in total. The van der Waals surface area contributed by atoms with Crippen LogP contribution >= 0.6 is 27.5 Å². The van der Waals surface area contributed by atoms with Gasteiger partial charge in [0.15, 0.2) is 0 Å². The molecule has 1 aliphatic rings. The monoisotopic (exact) mass is 234 g/mol. The Morgan fingerprint density at radius 3 is 3.00 bits per heavy atom. The molecule has 0 spiro atoms. The molecule has 0 amide bonds. The van der Waals surface area contributed by atoms with Gasteiger partial charge in [-0.15, -0.1) is 11.6 Å². The second-order valence-electron chi connectivity index (χ2n) is 3.08. The first kappa shape index (κ1) is 9.34. The summed E-state index contributed by atoms with van der Waals surface area (Å²) in [5.41, 5.74) is 1.43. The highest BCUT2D eigenvalue weighted by atomic mass is 79.9. The van der Waals surface area contributed by atoms with E-state index in [1.165, 1.54) is 5.57 Å². The topological polar surface area (TPSA) is 0 Å². The predicted octanol–water partition coefficient (Wildman–Crippen LogP) is 3.66. The molecule has 0 bridgehead atoms. The van der Waals surface area contributed by atoms with Crippen molar-refractivity contribution >= 4 is 27.5 Å². The number of hydrogen-bond donors (Lipinski definition) is 0. The first-order chi connectivity index (χ1) is 5.14. The van der Waals surface area contributed by atoms with Crippen molar-refractivity contribution in [2.24, 2.45) is 0 Å². The van der Waals surface area contributed by atoms with E-state index in [-0.39, 0.29) is 4.87 Å². The van der Waals surface area contributed by atoms with Crippen LogP contribution in [0.5, 0.6) is 0 Å². The van der Waals surface area contributed by atoms with Crippen LogP contribution in [0.25, 0.3) is 0 Å². The van der Waals surface area contributed by atoms with Crippen molar-refractivity contribution in [2.75, 3.05) is 5.33 Å². The molecule has 1 unspecified atom stereocenters. The van der Waals surface area contributed by atoms with Gasteiger partial charge in [0.05, 0.1) is 4.87 Å². The molecule has 0 fully saturated rings. The van der Waals surface area contributed by atoms with Crippen LogP contribution in [-0.4, -0.2) is 10.2 Å². The van der Waals surface area contributed by atoms with Crippen molar-refractivity contribution in [3.63, 3.8) is 0 Å². The van der Waals surface area contributed by atoms with Crippen LogP contribution in [0, 0.1) is 0 Å². The number of hydrogen-bond acceptors (Lipinski definition) is 0. The molecule has 0 aromatic carbocycles. The Morgan fingerprint density at radius 2 is 2.45 bits per heavy atom. The molecule has 1 aliphatic carbocycles. The Bertz CT molecular complexity index is 192. The van der Waals surface area contributed by atoms with Crippen LogP contribution < -0.4 is 0 Å². The lowest BCUT2D eigenvalue weighted by Gasteiger charge is -2.22. The minimum Gasteiger partial charge on any atom is -0.115 e. The van der Waals surface area contributed by atoms with E-state index in [2.05, 4.69) is 28.1 Å². The lowest BCUT2D eigenvalue weighted by Crippen LogP contribution is -2.15. The Labute approximate surface area is 81.4 Å². The number of alkyl halides is 2. The second kappa shape index (κ2) is 3.77. The Balaban J connectivity index is 2.58. The van der Waals surface area contributed by atoms with Crippen molar-refractivity contribution in [3.05, 3.63) is 23.8 Å². The lowest BCUT2D eigenvalue weighted by molar-refractivity contribution is 0.731. The molecule has 0 saturated heterocycles. The molecular weight excluding hydrogens is 223 g/mol. The third-order valence-corrected chi connectivity index (χ3v) is 2.42. The van der Waals surface area contributed by atoms with Crippen molar-refractivity contribution in [1.82, 2.24) is 0 Å². The molecule has 1 atom stereocenters. The Kier molecular flexibility index (Phi) is 3.20. The highest BCUT2D eigenvalue weighted by Gasteiger charge is 2.20. The molecule has 0 N–H and O–H groups in total. The highest BCUT2D eigenvalue weighted by Crippen LogP contribution is 2.30. The summed E-state index contributed by atoms with van der Waals surface area (Å²) in [6, 6.07) is 0. The van der Waals surface area contributed by atoms with Gasteiger partial charge in [0.2, 0.25) is 0 Å². The molecule has 62 valence electrons. The van der Waals surface area contributed by atoms with Gasteiger partial charge in [0, 0.05) is 5.33 Å². The fraction of sp³-hybridized carbons (Fsp3) is 0.556. The zero-order valence-electron chi connectivity index (χ0n) is 6.61. The number of allylic oxidation sites excluding steroid dienone is 4. The molecule has 2 heteroatoms. The quantitative estimate of drug-likeness (QED) is 0.641. The van der Waals surface area contributed by atoms with Gasteiger partial charge in [0.1, 0.15) is 0 Å². The maximum atomic E-state index is 6.16. The average molecular weight is 236 g/mol. The van der Waals surface area contributed by atoms with Gasteiger partial charge in [-0.1, -0.05) is 39.7 Å². The van der Waals surface area contributed by atoms with Crippen molar-refractivity contribution in [1.29, 1.82) is 0 Å². The zero-order chi connectivity index (χ0) is 8.32. The molecule has 0 aromatic heterocycles. The smallest absolute Gasteiger partial charge is 0.0638 e. The summed E-state index contributed by atoms with van der Waals surface area (Å²) in [4.78, 5) is -0.147. The number of halogens is 2. The van der Waals surface area contributed by atoms with Crippen LogP contribution in [0.1, 0.15) is 19.8 Å². The summed E-state index contributed by atoms with van der Waals surface area (Å²) in [7, 11) is 0. The molecule has 0 aromatic rings. The largest absolute Gasteiger partial charge is 0.115 e. The molecular formula is C9H12BrCl. The van der Waals surface area contributed by atoms with Gasteiger partial charge < -0.3 is 0 Å². The normalized spacial score (nSPS) is 30.3. The van der Waals surface area contributed by atoms with Crippen molar-refractivity contribution in [3.8, 4) is 0 Å². The summed E-state index contributed by atoms with van der Waals surface area (Å²) in [6.07, 6.45) is 8.34. The van der Waals surface area contributed by atoms with Gasteiger partial charge in [-0.25, -0.2) is 0 Å². The maximum Gasteiger partial charge on any atom is 0.0638 e. The standard InChI is InChI=1S/C9H12BrCl/c1-9(11)5-2-3-8(7-9)4-6-10/h2-3,5H,4,6-7H2,1H3. The lowest BCUT2D eigenvalue weighted by atomic mass is 9.94. The fourth-order valence-corrected chi connectivity index (χ4v) is 1.99. The van der Waals surface area contributed by atoms with Gasteiger partial charge >= 0.3 is 0 Å².